The van der Waals surface area contributed by atoms with E-state index in [1.807, 2.05) is 0 Å². The predicted molar refractivity (Wildman–Crippen MR) is 112 cm³/mol. The summed E-state index contributed by atoms with van der Waals surface area (Å²) in [5, 5.41) is 5.56. The summed E-state index contributed by atoms with van der Waals surface area (Å²) in [7, 11) is 1.58. The number of ether oxygens (including phenoxy) is 2. The Hall–Kier alpha value is -3.62. The van der Waals surface area contributed by atoms with E-state index < -0.39 is 11.6 Å². The molecule has 4 rings (SSSR count). The van der Waals surface area contributed by atoms with Gasteiger partial charge in [0, 0.05) is 19.2 Å². The first-order valence-electron chi connectivity index (χ1n) is 10.2. The molecule has 4 amide bonds. The number of hydrogen-bond donors (Lipinski definition) is 2. The molecule has 0 radical (unpaired) electrons. The molecule has 31 heavy (non-hydrogen) atoms. The first-order valence-corrected chi connectivity index (χ1v) is 10.2. The van der Waals surface area contributed by atoms with Gasteiger partial charge in [-0.05, 0) is 49.2 Å². The molecule has 2 N–H and O–H groups in total. The summed E-state index contributed by atoms with van der Waals surface area (Å²) in [6.07, 6.45) is 4.68. The van der Waals surface area contributed by atoms with Crippen molar-refractivity contribution in [3.05, 3.63) is 42.6 Å². The summed E-state index contributed by atoms with van der Waals surface area (Å²) in [5.41, 5.74) is -0.371. The van der Waals surface area contributed by atoms with Gasteiger partial charge < -0.3 is 20.1 Å². The summed E-state index contributed by atoms with van der Waals surface area (Å²) in [6.45, 7) is 0.0210. The monoisotopic (exact) mass is 424 g/mol. The highest BCUT2D eigenvalue weighted by Crippen LogP contribution is 2.35. The van der Waals surface area contributed by atoms with Crippen molar-refractivity contribution in [2.24, 2.45) is 0 Å². The molecule has 1 aromatic carbocycles. The van der Waals surface area contributed by atoms with Gasteiger partial charge in [-0.1, -0.05) is 12.8 Å². The smallest absolute Gasteiger partial charge is 0.325 e. The zero-order chi connectivity index (χ0) is 21.8. The Bertz CT molecular complexity index is 986. The van der Waals surface area contributed by atoms with E-state index in [9.17, 15) is 14.4 Å². The quantitative estimate of drug-likeness (QED) is 0.661. The van der Waals surface area contributed by atoms with Crippen LogP contribution in [0.4, 0.5) is 10.5 Å². The fourth-order valence-corrected chi connectivity index (χ4v) is 3.95. The van der Waals surface area contributed by atoms with Gasteiger partial charge in [0.05, 0.1) is 7.11 Å². The number of anilines is 1. The van der Waals surface area contributed by atoms with E-state index in [1.165, 1.54) is 0 Å². The lowest BCUT2D eigenvalue weighted by molar-refractivity contribution is -0.131. The van der Waals surface area contributed by atoms with E-state index in [1.54, 1.807) is 49.7 Å². The maximum Gasteiger partial charge on any atom is 0.325 e. The number of pyridine rings is 1. The third-order valence-electron chi connectivity index (χ3n) is 5.58. The van der Waals surface area contributed by atoms with Crippen molar-refractivity contribution in [2.45, 2.75) is 37.6 Å². The molecule has 2 fully saturated rings. The fraction of sp³-hybridized carbons (Fsp3) is 0.364. The van der Waals surface area contributed by atoms with Crippen molar-refractivity contribution >= 4 is 23.5 Å². The van der Waals surface area contributed by atoms with Crippen LogP contribution in [0.5, 0.6) is 17.4 Å². The highest BCUT2D eigenvalue weighted by molar-refractivity contribution is 6.07. The molecule has 1 spiro atoms. The molecule has 1 aliphatic heterocycles. The van der Waals surface area contributed by atoms with Crippen molar-refractivity contribution in [1.29, 1.82) is 0 Å². The van der Waals surface area contributed by atoms with Gasteiger partial charge in [-0.2, -0.15) is 0 Å². The van der Waals surface area contributed by atoms with Crippen LogP contribution in [-0.4, -0.2) is 46.9 Å². The minimum atomic E-state index is -0.768. The summed E-state index contributed by atoms with van der Waals surface area (Å²) < 4.78 is 10.9. The van der Waals surface area contributed by atoms with Crippen LogP contribution in [0.1, 0.15) is 32.1 Å². The SMILES string of the molecule is COc1ccc(Oc2ncccc2NC(=O)CCN2C(=O)NC3(CCCC3)C2=O)cc1. The number of hydrogen-bond acceptors (Lipinski definition) is 6. The number of aromatic nitrogens is 1. The molecule has 2 aromatic rings. The Balaban J connectivity index is 1.37. The van der Waals surface area contributed by atoms with Gasteiger partial charge in [0.25, 0.3) is 5.91 Å². The summed E-state index contributed by atoms with van der Waals surface area (Å²) in [4.78, 5) is 42.8. The van der Waals surface area contributed by atoms with Crippen LogP contribution in [0.3, 0.4) is 0 Å². The van der Waals surface area contributed by atoms with Gasteiger partial charge in [-0.15, -0.1) is 0 Å². The lowest BCUT2D eigenvalue weighted by Crippen LogP contribution is -2.44. The van der Waals surface area contributed by atoms with Gasteiger partial charge in [0.1, 0.15) is 22.7 Å². The molecule has 0 unspecified atom stereocenters. The van der Waals surface area contributed by atoms with Crippen molar-refractivity contribution in [1.82, 2.24) is 15.2 Å². The number of carbonyl (C=O) groups is 3. The average molecular weight is 424 g/mol. The Kier molecular flexibility index (Phi) is 5.75. The van der Waals surface area contributed by atoms with Crippen LogP contribution in [0.15, 0.2) is 42.6 Å². The van der Waals surface area contributed by atoms with Crippen molar-refractivity contribution in [3.8, 4) is 17.4 Å². The highest BCUT2D eigenvalue weighted by Gasteiger charge is 2.52. The third-order valence-corrected chi connectivity index (χ3v) is 5.58. The third kappa shape index (κ3) is 4.30. The van der Waals surface area contributed by atoms with E-state index >= 15 is 0 Å². The minimum absolute atomic E-state index is 0.0210. The maximum atomic E-state index is 12.7. The molecular formula is C22H24N4O5. The van der Waals surface area contributed by atoms with E-state index in [4.69, 9.17) is 9.47 Å². The van der Waals surface area contributed by atoms with E-state index in [-0.39, 0.29) is 30.7 Å². The van der Waals surface area contributed by atoms with Crippen molar-refractivity contribution < 1.29 is 23.9 Å². The molecule has 2 aliphatic rings. The van der Waals surface area contributed by atoms with Crippen LogP contribution in [0.25, 0.3) is 0 Å². The summed E-state index contributed by atoms with van der Waals surface area (Å²) >= 11 is 0. The number of imide groups is 1. The first kappa shape index (κ1) is 20.6. The number of methoxy groups -OCH3 is 1. The van der Waals surface area contributed by atoms with Crippen molar-refractivity contribution in [3.63, 3.8) is 0 Å². The minimum Gasteiger partial charge on any atom is -0.497 e. The molecule has 1 aliphatic carbocycles. The zero-order valence-electron chi connectivity index (χ0n) is 17.2. The number of amides is 4. The second kappa shape index (κ2) is 8.63. The van der Waals surface area contributed by atoms with Crippen LogP contribution >= 0.6 is 0 Å². The lowest BCUT2D eigenvalue weighted by Gasteiger charge is -2.20. The summed E-state index contributed by atoms with van der Waals surface area (Å²) in [6, 6.07) is 9.90. The number of carbonyl (C=O) groups excluding carboxylic acids is 3. The molecule has 9 heteroatoms. The predicted octanol–water partition coefficient (Wildman–Crippen LogP) is 3.08. The summed E-state index contributed by atoms with van der Waals surface area (Å²) in [5.74, 6) is 0.896. The second-order valence-electron chi connectivity index (χ2n) is 7.61. The van der Waals surface area contributed by atoms with Crippen LogP contribution in [0, 0.1) is 0 Å². The number of nitrogens with one attached hydrogen (secondary N) is 2. The Morgan fingerprint density at radius 3 is 2.58 bits per heavy atom. The topological polar surface area (TPSA) is 110 Å². The van der Waals surface area contributed by atoms with E-state index in [0.29, 0.717) is 30.0 Å². The Morgan fingerprint density at radius 1 is 1.16 bits per heavy atom. The lowest BCUT2D eigenvalue weighted by atomic mass is 9.98. The molecule has 2 heterocycles. The standard InChI is InChI=1S/C22H24N4O5/c1-30-15-6-8-16(9-7-15)31-19-17(5-4-13-23-19)24-18(27)10-14-26-20(28)22(25-21(26)29)11-2-3-12-22/h4-9,13H,2-3,10-12,14H2,1H3,(H,24,27)(H,25,29). The first-order chi connectivity index (χ1) is 15.0. The molecule has 1 saturated heterocycles. The molecular weight excluding hydrogens is 400 g/mol. The molecule has 1 saturated carbocycles. The van der Waals surface area contributed by atoms with E-state index in [0.717, 1.165) is 17.7 Å². The van der Waals surface area contributed by atoms with Crippen LogP contribution in [0.2, 0.25) is 0 Å². The van der Waals surface area contributed by atoms with Gasteiger partial charge in [-0.3, -0.25) is 14.5 Å². The number of benzene rings is 1. The van der Waals surface area contributed by atoms with Gasteiger partial charge in [0.2, 0.25) is 11.8 Å². The molecule has 1 aromatic heterocycles. The number of nitrogens with zero attached hydrogens (tertiary/aromatic N) is 2. The normalized spacial score (nSPS) is 17.0. The van der Waals surface area contributed by atoms with E-state index in [2.05, 4.69) is 15.6 Å². The largest absolute Gasteiger partial charge is 0.497 e. The molecule has 0 atom stereocenters. The molecule has 9 nitrogen and oxygen atoms in total. The van der Waals surface area contributed by atoms with Crippen LogP contribution < -0.4 is 20.1 Å². The van der Waals surface area contributed by atoms with Crippen molar-refractivity contribution in [2.75, 3.05) is 19.0 Å². The van der Waals surface area contributed by atoms with Crippen LogP contribution in [-0.2, 0) is 9.59 Å². The van der Waals surface area contributed by atoms with Gasteiger partial charge in [0.15, 0.2) is 0 Å². The maximum absolute atomic E-state index is 12.7. The average Bonchev–Trinajstić information content (AvgIpc) is 3.33. The fourth-order valence-electron chi connectivity index (χ4n) is 3.95. The molecule has 0 bridgehead atoms. The zero-order valence-corrected chi connectivity index (χ0v) is 17.2. The Morgan fingerprint density at radius 2 is 1.87 bits per heavy atom. The van der Waals surface area contributed by atoms with Gasteiger partial charge in [-0.25, -0.2) is 9.78 Å². The Labute approximate surface area is 179 Å². The number of urea groups is 1. The van der Waals surface area contributed by atoms with Gasteiger partial charge >= 0.3 is 6.03 Å². The number of rotatable bonds is 7. The second-order valence-corrected chi connectivity index (χ2v) is 7.61. The highest BCUT2D eigenvalue weighted by atomic mass is 16.5. The molecule has 162 valence electrons.